The summed E-state index contributed by atoms with van der Waals surface area (Å²) in [5, 5.41) is 8.92. The summed E-state index contributed by atoms with van der Waals surface area (Å²) < 4.78 is 32.2. The van der Waals surface area contributed by atoms with Crippen LogP contribution in [0, 0.1) is 11.6 Å². The van der Waals surface area contributed by atoms with Crippen LogP contribution in [0.3, 0.4) is 0 Å². The van der Waals surface area contributed by atoms with Crippen molar-refractivity contribution in [2.24, 2.45) is 0 Å². The van der Waals surface area contributed by atoms with E-state index in [1.54, 1.807) is 0 Å². The monoisotopic (exact) mass is 315 g/mol. The second-order valence-electron chi connectivity index (χ2n) is 3.42. The van der Waals surface area contributed by atoms with Gasteiger partial charge in [0.25, 0.3) is 5.88 Å². The first-order valence-corrected chi connectivity index (χ1v) is 5.78. The van der Waals surface area contributed by atoms with Crippen molar-refractivity contribution in [3.63, 3.8) is 0 Å². The molecule has 0 saturated heterocycles. The van der Waals surface area contributed by atoms with Gasteiger partial charge in [-0.15, -0.1) is 0 Å². The number of nitrogens with zero attached hydrogens (tertiary/aromatic N) is 1. The van der Waals surface area contributed by atoms with Gasteiger partial charge in [0.1, 0.15) is 11.6 Å². The standard InChI is InChI=1S/C12H8BrF2NO2/c13-9-5-8(14)1-2-10(9)18-12-11(15)7(6-17)3-4-16-12/h1-5,17H,6H2. The van der Waals surface area contributed by atoms with Crippen molar-refractivity contribution in [2.45, 2.75) is 6.61 Å². The smallest absolute Gasteiger partial charge is 0.256 e. The number of hydrogen-bond acceptors (Lipinski definition) is 3. The summed E-state index contributed by atoms with van der Waals surface area (Å²) in [6.45, 7) is -0.449. The Morgan fingerprint density at radius 2 is 2.06 bits per heavy atom. The Morgan fingerprint density at radius 1 is 1.28 bits per heavy atom. The summed E-state index contributed by atoms with van der Waals surface area (Å²) in [5.74, 6) is -1.21. The normalized spacial score (nSPS) is 10.4. The third-order valence-electron chi connectivity index (χ3n) is 2.21. The van der Waals surface area contributed by atoms with Crippen molar-refractivity contribution >= 4 is 15.9 Å². The fraction of sp³-hybridized carbons (Fsp3) is 0.0833. The highest BCUT2D eigenvalue weighted by molar-refractivity contribution is 9.10. The first-order valence-electron chi connectivity index (χ1n) is 4.99. The van der Waals surface area contributed by atoms with Crippen LogP contribution in [0.5, 0.6) is 11.6 Å². The summed E-state index contributed by atoms with van der Waals surface area (Å²) in [7, 11) is 0. The van der Waals surface area contributed by atoms with Crippen molar-refractivity contribution in [3.05, 3.63) is 52.1 Å². The van der Waals surface area contributed by atoms with Gasteiger partial charge in [-0.3, -0.25) is 0 Å². The average Bonchev–Trinajstić information content (AvgIpc) is 2.35. The van der Waals surface area contributed by atoms with Gasteiger partial charge in [0.05, 0.1) is 11.1 Å². The van der Waals surface area contributed by atoms with Crippen LogP contribution in [0.1, 0.15) is 5.56 Å². The summed E-state index contributed by atoms with van der Waals surface area (Å²) in [6, 6.07) is 5.09. The van der Waals surface area contributed by atoms with Gasteiger partial charge in [-0.25, -0.2) is 13.8 Å². The highest BCUT2D eigenvalue weighted by Gasteiger charge is 2.12. The zero-order valence-corrected chi connectivity index (χ0v) is 10.6. The Labute approximate surface area is 110 Å². The molecule has 1 aromatic heterocycles. The Kier molecular flexibility index (Phi) is 3.88. The minimum Gasteiger partial charge on any atom is -0.435 e. The molecule has 2 rings (SSSR count). The second kappa shape index (κ2) is 5.41. The summed E-state index contributed by atoms with van der Waals surface area (Å²) in [6.07, 6.45) is 1.32. The summed E-state index contributed by atoms with van der Waals surface area (Å²) in [5.41, 5.74) is 0.0817. The molecule has 0 fully saturated rings. The van der Waals surface area contributed by atoms with E-state index in [2.05, 4.69) is 20.9 Å². The topological polar surface area (TPSA) is 42.4 Å². The Morgan fingerprint density at radius 3 is 2.72 bits per heavy atom. The van der Waals surface area contributed by atoms with Crippen molar-refractivity contribution < 1.29 is 18.6 Å². The maximum Gasteiger partial charge on any atom is 0.256 e. The van der Waals surface area contributed by atoms with Gasteiger partial charge in [0.2, 0.25) is 0 Å². The fourth-order valence-electron chi connectivity index (χ4n) is 1.32. The number of aliphatic hydroxyl groups is 1. The van der Waals surface area contributed by atoms with Crippen LogP contribution >= 0.6 is 15.9 Å². The number of pyridine rings is 1. The molecule has 0 atom stereocenters. The van der Waals surface area contributed by atoms with Crippen LogP contribution in [0.15, 0.2) is 34.9 Å². The molecule has 18 heavy (non-hydrogen) atoms. The molecule has 0 aliphatic heterocycles. The van der Waals surface area contributed by atoms with E-state index in [-0.39, 0.29) is 17.2 Å². The van der Waals surface area contributed by atoms with E-state index in [0.717, 1.165) is 0 Å². The molecule has 1 N–H and O–H groups in total. The fourth-order valence-corrected chi connectivity index (χ4v) is 1.75. The molecule has 0 spiro atoms. The van der Waals surface area contributed by atoms with Gasteiger partial charge in [0.15, 0.2) is 5.82 Å². The van der Waals surface area contributed by atoms with Gasteiger partial charge in [0, 0.05) is 11.8 Å². The molecule has 0 saturated carbocycles. The third-order valence-corrected chi connectivity index (χ3v) is 2.83. The molecule has 1 aromatic carbocycles. The predicted octanol–water partition coefficient (Wildman–Crippen LogP) is 3.41. The molecule has 0 bridgehead atoms. The number of aromatic nitrogens is 1. The molecule has 0 radical (unpaired) electrons. The van der Waals surface area contributed by atoms with E-state index in [0.29, 0.717) is 4.47 Å². The number of aliphatic hydroxyl groups excluding tert-OH is 1. The molecule has 94 valence electrons. The molecule has 0 aliphatic carbocycles. The van der Waals surface area contributed by atoms with E-state index in [4.69, 9.17) is 9.84 Å². The molecular weight excluding hydrogens is 308 g/mol. The lowest BCUT2D eigenvalue weighted by molar-refractivity contribution is 0.273. The maximum atomic E-state index is 13.7. The average molecular weight is 316 g/mol. The molecule has 0 unspecified atom stereocenters. The second-order valence-corrected chi connectivity index (χ2v) is 4.28. The van der Waals surface area contributed by atoms with Crippen molar-refractivity contribution in [1.82, 2.24) is 4.98 Å². The van der Waals surface area contributed by atoms with E-state index in [1.807, 2.05) is 0 Å². The molecule has 3 nitrogen and oxygen atoms in total. The van der Waals surface area contributed by atoms with Gasteiger partial charge in [-0.1, -0.05) is 0 Å². The Balaban J connectivity index is 2.34. The van der Waals surface area contributed by atoms with E-state index in [9.17, 15) is 8.78 Å². The van der Waals surface area contributed by atoms with Crippen LogP contribution in [-0.2, 0) is 6.61 Å². The van der Waals surface area contributed by atoms with Crippen molar-refractivity contribution in [1.29, 1.82) is 0 Å². The summed E-state index contributed by atoms with van der Waals surface area (Å²) in [4.78, 5) is 3.72. The van der Waals surface area contributed by atoms with Crippen LogP contribution in [0.4, 0.5) is 8.78 Å². The zero-order chi connectivity index (χ0) is 13.1. The third kappa shape index (κ3) is 2.65. The molecule has 1 heterocycles. The number of ether oxygens (including phenoxy) is 1. The maximum absolute atomic E-state index is 13.7. The van der Waals surface area contributed by atoms with Crippen molar-refractivity contribution in [3.8, 4) is 11.6 Å². The SMILES string of the molecule is OCc1ccnc(Oc2ccc(F)cc2Br)c1F. The van der Waals surface area contributed by atoms with E-state index >= 15 is 0 Å². The van der Waals surface area contributed by atoms with Gasteiger partial charge in [-0.05, 0) is 40.2 Å². The van der Waals surface area contributed by atoms with Crippen LogP contribution in [-0.4, -0.2) is 10.1 Å². The van der Waals surface area contributed by atoms with Gasteiger partial charge >= 0.3 is 0 Å². The first-order chi connectivity index (χ1) is 8.61. The minimum absolute atomic E-state index is 0.0817. The minimum atomic E-state index is -0.740. The molecule has 0 aliphatic rings. The highest BCUT2D eigenvalue weighted by atomic mass is 79.9. The summed E-state index contributed by atoms with van der Waals surface area (Å²) >= 11 is 3.10. The predicted molar refractivity (Wildman–Crippen MR) is 64.3 cm³/mol. The lowest BCUT2D eigenvalue weighted by Crippen LogP contribution is -1.97. The lowest BCUT2D eigenvalue weighted by Gasteiger charge is -2.09. The number of benzene rings is 1. The van der Waals surface area contributed by atoms with Gasteiger partial charge in [-0.2, -0.15) is 0 Å². The number of hydrogen-bond donors (Lipinski definition) is 1. The lowest BCUT2D eigenvalue weighted by atomic mass is 10.2. The first kappa shape index (κ1) is 12.9. The largest absolute Gasteiger partial charge is 0.435 e. The molecule has 6 heteroatoms. The van der Waals surface area contributed by atoms with Crippen LogP contribution in [0.25, 0.3) is 0 Å². The Hall–Kier alpha value is -1.53. The number of halogens is 3. The zero-order valence-electron chi connectivity index (χ0n) is 9.03. The van der Waals surface area contributed by atoms with Crippen molar-refractivity contribution in [2.75, 3.05) is 0 Å². The van der Waals surface area contributed by atoms with Gasteiger partial charge < -0.3 is 9.84 Å². The Bertz CT molecular complexity index is 578. The molecule has 0 amide bonds. The molecule has 2 aromatic rings. The molecular formula is C12H8BrF2NO2. The van der Waals surface area contributed by atoms with E-state index < -0.39 is 18.2 Å². The van der Waals surface area contributed by atoms with Crippen LogP contribution < -0.4 is 4.74 Å². The highest BCUT2D eigenvalue weighted by Crippen LogP contribution is 2.31. The van der Waals surface area contributed by atoms with Crippen LogP contribution in [0.2, 0.25) is 0 Å². The quantitative estimate of drug-likeness (QED) is 0.943. The van der Waals surface area contributed by atoms with E-state index in [1.165, 1.54) is 30.5 Å². The number of rotatable bonds is 3.